The SMILES string of the molecule is C[C@]1(c2ccc(Br)cc2)Oc2ccc(Br)cc2[C@H]2CC(c3ccccc3)=NN21. The minimum absolute atomic E-state index is 0.130. The van der Waals surface area contributed by atoms with E-state index in [1.54, 1.807) is 0 Å². The first-order chi connectivity index (χ1) is 13.5. The quantitative estimate of drug-likeness (QED) is 0.397. The normalized spacial score (nSPS) is 22.9. The summed E-state index contributed by atoms with van der Waals surface area (Å²) >= 11 is 7.14. The van der Waals surface area contributed by atoms with Crippen molar-refractivity contribution in [2.45, 2.75) is 25.1 Å². The Morgan fingerprint density at radius 3 is 2.43 bits per heavy atom. The van der Waals surface area contributed by atoms with Crippen LogP contribution in [0.1, 0.15) is 36.1 Å². The summed E-state index contributed by atoms with van der Waals surface area (Å²) in [6.45, 7) is 2.10. The van der Waals surface area contributed by atoms with Crippen LogP contribution in [0.15, 0.2) is 86.8 Å². The Bertz CT molecular complexity index is 1070. The van der Waals surface area contributed by atoms with Crippen LogP contribution in [-0.4, -0.2) is 10.7 Å². The van der Waals surface area contributed by atoms with Gasteiger partial charge in [0.25, 0.3) is 0 Å². The highest BCUT2D eigenvalue weighted by Crippen LogP contribution is 2.50. The van der Waals surface area contributed by atoms with Gasteiger partial charge in [0.1, 0.15) is 5.75 Å². The lowest BCUT2D eigenvalue weighted by atomic mass is 9.92. The molecule has 0 aliphatic carbocycles. The maximum atomic E-state index is 6.58. The smallest absolute Gasteiger partial charge is 0.221 e. The van der Waals surface area contributed by atoms with E-state index >= 15 is 0 Å². The summed E-state index contributed by atoms with van der Waals surface area (Å²) in [6.07, 6.45) is 0.850. The lowest BCUT2D eigenvalue weighted by molar-refractivity contribution is -0.112. The molecule has 0 bridgehead atoms. The average Bonchev–Trinajstić information content (AvgIpc) is 3.17. The van der Waals surface area contributed by atoms with Gasteiger partial charge in [-0.15, -0.1) is 0 Å². The summed E-state index contributed by atoms with van der Waals surface area (Å²) in [7, 11) is 0. The molecule has 3 aromatic carbocycles. The molecule has 140 valence electrons. The van der Waals surface area contributed by atoms with Crippen LogP contribution < -0.4 is 4.74 Å². The molecule has 0 spiro atoms. The van der Waals surface area contributed by atoms with E-state index in [-0.39, 0.29) is 6.04 Å². The minimum atomic E-state index is -0.678. The van der Waals surface area contributed by atoms with Gasteiger partial charge in [-0.1, -0.05) is 74.3 Å². The van der Waals surface area contributed by atoms with Crippen molar-refractivity contribution in [1.29, 1.82) is 0 Å². The Kier molecular flexibility index (Phi) is 4.33. The number of hydrazone groups is 1. The molecule has 0 N–H and O–H groups in total. The largest absolute Gasteiger partial charge is 0.462 e. The molecule has 0 saturated heterocycles. The number of benzene rings is 3. The van der Waals surface area contributed by atoms with E-state index in [0.29, 0.717) is 0 Å². The van der Waals surface area contributed by atoms with Gasteiger partial charge in [-0.05, 0) is 35.9 Å². The molecule has 5 heteroatoms. The number of hydrogen-bond donors (Lipinski definition) is 0. The van der Waals surface area contributed by atoms with E-state index < -0.39 is 5.72 Å². The molecule has 3 nitrogen and oxygen atoms in total. The van der Waals surface area contributed by atoms with Crippen molar-refractivity contribution in [3.8, 4) is 5.75 Å². The van der Waals surface area contributed by atoms with Gasteiger partial charge in [-0.2, -0.15) is 5.10 Å². The molecule has 3 aromatic rings. The van der Waals surface area contributed by atoms with E-state index in [9.17, 15) is 0 Å². The molecule has 2 aliphatic heterocycles. The van der Waals surface area contributed by atoms with Crippen molar-refractivity contribution in [2.75, 3.05) is 0 Å². The van der Waals surface area contributed by atoms with Crippen LogP contribution in [0.4, 0.5) is 0 Å². The molecule has 2 atom stereocenters. The summed E-state index contributed by atoms with van der Waals surface area (Å²) in [5.74, 6) is 0.916. The third-order valence-electron chi connectivity index (χ3n) is 5.47. The maximum absolute atomic E-state index is 6.58. The van der Waals surface area contributed by atoms with Gasteiger partial charge in [0.05, 0.1) is 11.8 Å². The van der Waals surface area contributed by atoms with E-state index in [0.717, 1.165) is 38.0 Å². The van der Waals surface area contributed by atoms with Crippen molar-refractivity contribution in [1.82, 2.24) is 5.01 Å². The minimum Gasteiger partial charge on any atom is -0.462 e. The van der Waals surface area contributed by atoms with Gasteiger partial charge in [0.15, 0.2) is 0 Å². The van der Waals surface area contributed by atoms with Crippen LogP contribution in [0, 0.1) is 0 Å². The number of fused-ring (bicyclic) bond motifs is 3. The average molecular weight is 498 g/mol. The second-order valence-electron chi connectivity index (χ2n) is 7.25. The van der Waals surface area contributed by atoms with Crippen LogP contribution in [-0.2, 0) is 5.72 Å². The van der Waals surface area contributed by atoms with Gasteiger partial charge in [0.2, 0.25) is 5.72 Å². The standard InChI is InChI=1S/C23H18Br2N2O/c1-23(16-7-9-17(24)10-8-16)27-21(19-13-18(25)11-12-22(19)28-23)14-20(26-27)15-5-3-2-4-6-15/h2-13,21H,14H2,1H3/t21-,23-/m1/s1. The second kappa shape index (κ2) is 6.75. The highest BCUT2D eigenvalue weighted by atomic mass is 79.9. The zero-order valence-corrected chi connectivity index (χ0v) is 18.4. The zero-order chi connectivity index (χ0) is 19.3. The monoisotopic (exact) mass is 496 g/mol. The molecular formula is C23H18Br2N2O. The number of nitrogens with zero attached hydrogens (tertiary/aromatic N) is 2. The van der Waals surface area contributed by atoms with Crippen molar-refractivity contribution in [2.24, 2.45) is 5.10 Å². The van der Waals surface area contributed by atoms with E-state index in [2.05, 4.69) is 86.3 Å². The first-order valence-corrected chi connectivity index (χ1v) is 10.8. The summed E-state index contributed by atoms with van der Waals surface area (Å²) in [5, 5.41) is 7.19. The summed E-state index contributed by atoms with van der Waals surface area (Å²) in [4.78, 5) is 0. The Balaban J connectivity index is 1.66. The number of halogens is 2. The molecule has 28 heavy (non-hydrogen) atoms. The molecule has 2 aliphatic rings. The van der Waals surface area contributed by atoms with Crippen molar-refractivity contribution in [3.05, 3.63) is 98.4 Å². The predicted molar refractivity (Wildman–Crippen MR) is 118 cm³/mol. The molecular weight excluding hydrogens is 480 g/mol. The van der Waals surface area contributed by atoms with E-state index in [4.69, 9.17) is 9.84 Å². The third-order valence-corrected chi connectivity index (χ3v) is 6.50. The molecule has 5 rings (SSSR count). The first-order valence-electron chi connectivity index (χ1n) is 9.21. The van der Waals surface area contributed by atoms with Gasteiger partial charge in [-0.25, -0.2) is 5.01 Å². The van der Waals surface area contributed by atoms with Gasteiger partial charge < -0.3 is 4.74 Å². The summed E-state index contributed by atoms with van der Waals surface area (Å²) in [5.41, 5.74) is 3.81. The van der Waals surface area contributed by atoms with Crippen LogP contribution in [0.2, 0.25) is 0 Å². The Morgan fingerprint density at radius 2 is 1.68 bits per heavy atom. The van der Waals surface area contributed by atoms with Crippen LogP contribution in [0.25, 0.3) is 0 Å². The Morgan fingerprint density at radius 1 is 0.964 bits per heavy atom. The van der Waals surface area contributed by atoms with E-state index in [1.165, 1.54) is 5.56 Å². The van der Waals surface area contributed by atoms with E-state index in [1.807, 2.05) is 30.3 Å². The van der Waals surface area contributed by atoms with Gasteiger partial charge in [-0.3, -0.25) is 0 Å². The fourth-order valence-electron chi connectivity index (χ4n) is 4.03. The number of rotatable bonds is 2. The molecule has 0 aromatic heterocycles. The van der Waals surface area contributed by atoms with Gasteiger partial charge >= 0.3 is 0 Å². The molecule has 2 heterocycles. The molecule has 0 unspecified atom stereocenters. The third kappa shape index (κ3) is 2.88. The predicted octanol–water partition coefficient (Wildman–Crippen LogP) is 6.63. The van der Waals surface area contributed by atoms with Crippen molar-refractivity contribution >= 4 is 37.6 Å². The van der Waals surface area contributed by atoms with Crippen molar-refractivity contribution in [3.63, 3.8) is 0 Å². The fraction of sp³-hybridized carbons (Fsp3) is 0.174. The maximum Gasteiger partial charge on any atom is 0.221 e. The van der Waals surface area contributed by atoms with Gasteiger partial charge in [0, 0.05) is 33.4 Å². The molecule has 0 saturated carbocycles. The lowest BCUT2D eigenvalue weighted by Crippen LogP contribution is -2.48. The number of ether oxygens (including phenoxy) is 1. The van der Waals surface area contributed by atoms with Crippen LogP contribution >= 0.6 is 31.9 Å². The highest BCUT2D eigenvalue weighted by Gasteiger charge is 2.48. The fourth-order valence-corrected chi connectivity index (χ4v) is 4.68. The lowest BCUT2D eigenvalue weighted by Gasteiger charge is -2.46. The zero-order valence-electron chi connectivity index (χ0n) is 15.3. The van der Waals surface area contributed by atoms with Crippen LogP contribution in [0.3, 0.4) is 0 Å². The molecule has 0 radical (unpaired) electrons. The number of hydrogen-bond acceptors (Lipinski definition) is 3. The highest BCUT2D eigenvalue weighted by molar-refractivity contribution is 9.10. The summed E-state index contributed by atoms with van der Waals surface area (Å²) < 4.78 is 8.68. The second-order valence-corrected chi connectivity index (χ2v) is 9.08. The first kappa shape index (κ1) is 18.0. The summed E-state index contributed by atoms with van der Waals surface area (Å²) in [6, 6.07) is 25.1. The topological polar surface area (TPSA) is 24.8 Å². The van der Waals surface area contributed by atoms with Crippen LogP contribution in [0.5, 0.6) is 5.75 Å². The molecule has 0 fully saturated rings. The Labute approximate surface area is 181 Å². The van der Waals surface area contributed by atoms with Crippen molar-refractivity contribution < 1.29 is 4.74 Å². The molecule has 0 amide bonds. The Hall–Kier alpha value is -2.11.